The van der Waals surface area contributed by atoms with E-state index in [9.17, 15) is 10.1 Å². The van der Waals surface area contributed by atoms with E-state index in [2.05, 4.69) is 22.0 Å². The van der Waals surface area contributed by atoms with Crippen molar-refractivity contribution in [2.75, 3.05) is 14.2 Å². The molecule has 0 saturated carbocycles. The Morgan fingerprint density at radius 2 is 1.96 bits per heavy atom. The molecule has 3 rings (SSSR count). The van der Waals surface area contributed by atoms with Gasteiger partial charge in [-0.1, -0.05) is 15.9 Å². The average molecular weight is 405 g/mol. The number of benzene rings is 1. The second-order valence-electron chi connectivity index (χ2n) is 5.77. The van der Waals surface area contributed by atoms with Gasteiger partial charge in [0.25, 0.3) is 0 Å². The maximum absolute atomic E-state index is 12.6. The number of ether oxygens (including phenoxy) is 3. The van der Waals surface area contributed by atoms with Crippen molar-refractivity contribution < 1.29 is 19.0 Å². The third-order valence-electron chi connectivity index (χ3n) is 4.42. The Labute approximate surface area is 154 Å². The number of ketones is 1. The molecular weight excluding hydrogens is 388 g/mol. The minimum atomic E-state index is -0.587. The van der Waals surface area contributed by atoms with Crippen LogP contribution in [0.1, 0.15) is 30.7 Å². The first-order chi connectivity index (χ1) is 12.0. The van der Waals surface area contributed by atoms with E-state index in [0.717, 1.165) is 0 Å². The molecule has 1 aliphatic carbocycles. The van der Waals surface area contributed by atoms with E-state index in [4.69, 9.17) is 19.9 Å². The highest BCUT2D eigenvalue weighted by Gasteiger charge is 2.39. The van der Waals surface area contributed by atoms with Crippen LogP contribution in [0.5, 0.6) is 11.5 Å². The summed E-state index contributed by atoms with van der Waals surface area (Å²) in [5.41, 5.74) is 7.40. The summed E-state index contributed by atoms with van der Waals surface area (Å²) in [6.07, 6.45) is 1.77. The Balaban J connectivity index is 2.24. The monoisotopic (exact) mass is 404 g/mol. The lowest BCUT2D eigenvalue weighted by Gasteiger charge is -2.31. The molecule has 0 fully saturated rings. The van der Waals surface area contributed by atoms with Gasteiger partial charge in [0.05, 0.1) is 20.1 Å². The third kappa shape index (κ3) is 2.87. The highest BCUT2D eigenvalue weighted by atomic mass is 79.9. The predicted molar refractivity (Wildman–Crippen MR) is 93.8 cm³/mol. The zero-order valence-corrected chi connectivity index (χ0v) is 15.5. The molecule has 0 amide bonds. The smallest absolute Gasteiger partial charge is 0.205 e. The van der Waals surface area contributed by atoms with Crippen molar-refractivity contribution in [2.45, 2.75) is 25.2 Å². The number of nitrogens with zero attached hydrogens (tertiary/aromatic N) is 1. The van der Waals surface area contributed by atoms with E-state index in [1.165, 1.54) is 7.11 Å². The molecule has 2 aliphatic rings. The number of nitriles is 1. The summed E-state index contributed by atoms with van der Waals surface area (Å²) in [5.74, 6) is 1.05. The Hall–Kier alpha value is -2.46. The van der Waals surface area contributed by atoms with E-state index >= 15 is 0 Å². The molecule has 1 unspecified atom stereocenters. The summed E-state index contributed by atoms with van der Waals surface area (Å²) in [7, 11) is 3.08. The van der Waals surface area contributed by atoms with E-state index < -0.39 is 5.92 Å². The molecule has 130 valence electrons. The number of hydrogen-bond acceptors (Lipinski definition) is 6. The highest BCUT2D eigenvalue weighted by Crippen LogP contribution is 2.47. The van der Waals surface area contributed by atoms with Crippen molar-refractivity contribution >= 4 is 21.7 Å². The fourth-order valence-electron chi connectivity index (χ4n) is 3.26. The zero-order valence-electron chi connectivity index (χ0n) is 13.9. The summed E-state index contributed by atoms with van der Waals surface area (Å²) < 4.78 is 17.0. The number of allylic oxidation sites excluding steroid dienone is 3. The summed E-state index contributed by atoms with van der Waals surface area (Å²) in [4.78, 5) is 12.6. The van der Waals surface area contributed by atoms with Crippen molar-refractivity contribution in [1.82, 2.24) is 0 Å². The SMILES string of the molecule is COc1cc(Br)c(C2C(C#N)=C(N)OC3=C2C(=O)CCC3)cc1OC. The molecule has 0 aromatic heterocycles. The number of Topliss-reactive ketones (excluding diaryl/α,β-unsaturated/α-hetero) is 1. The van der Waals surface area contributed by atoms with Crippen LogP contribution in [0, 0.1) is 11.3 Å². The van der Waals surface area contributed by atoms with Crippen molar-refractivity contribution in [3.05, 3.63) is 45.0 Å². The van der Waals surface area contributed by atoms with Crippen LogP contribution in [0.3, 0.4) is 0 Å². The minimum Gasteiger partial charge on any atom is -0.493 e. The van der Waals surface area contributed by atoms with Gasteiger partial charge in [0.2, 0.25) is 5.88 Å². The Morgan fingerprint density at radius 1 is 1.28 bits per heavy atom. The second kappa shape index (κ2) is 6.81. The molecule has 7 heteroatoms. The van der Waals surface area contributed by atoms with E-state index in [0.29, 0.717) is 52.1 Å². The number of rotatable bonds is 3. The van der Waals surface area contributed by atoms with Gasteiger partial charge in [0.1, 0.15) is 17.4 Å². The first kappa shape index (κ1) is 17.4. The molecule has 2 N–H and O–H groups in total. The molecular formula is C18H17BrN2O4. The van der Waals surface area contributed by atoms with E-state index in [1.807, 2.05) is 0 Å². The molecule has 1 heterocycles. The molecule has 1 aromatic rings. The molecule has 0 saturated heterocycles. The van der Waals surface area contributed by atoms with Gasteiger partial charge >= 0.3 is 0 Å². The van der Waals surface area contributed by atoms with Crippen LogP contribution in [0.25, 0.3) is 0 Å². The third-order valence-corrected chi connectivity index (χ3v) is 5.11. The second-order valence-corrected chi connectivity index (χ2v) is 6.62. The lowest BCUT2D eigenvalue weighted by atomic mass is 9.77. The fraction of sp³-hybridized carbons (Fsp3) is 0.333. The average Bonchev–Trinajstić information content (AvgIpc) is 2.60. The minimum absolute atomic E-state index is 0.0202. The zero-order chi connectivity index (χ0) is 18.1. The Morgan fingerprint density at radius 3 is 2.60 bits per heavy atom. The summed E-state index contributed by atoms with van der Waals surface area (Å²) in [5, 5.41) is 9.61. The van der Waals surface area contributed by atoms with Gasteiger partial charge in [-0.3, -0.25) is 4.79 Å². The molecule has 25 heavy (non-hydrogen) atoms. The van der Waals surface area contributed by atoms with Crippen molar-refractivity contribution in [2.24, 2.45) is 5.73 Å². The maximum atomic E-state index is 12.6. The van der Waals surface area contributed by atoms with Gasteiger partial charge in [0.15, 0.2) is 17.3 Å². The summed E-state index contributed by atoms with van der Waals surface area (Å²) >= 11 is 3.52. The van der Waals surface area contributed by atoms with Crippen LogP contribution in [-0.2, 0) is 9.53 Å². The van der Waals surface area contributed by atoms with E-state index in [-0.39, 0.29) is 17.2 Å². The molecule has 0 spiro atoms. The molecule has 6 nitrogen and oxygen atoms in total. The molecule has 0 bridgehead atoms. The lowest BCUT2D eigenvalue weighted by molar-refractivity contribution is -0.116. The number of hydrogen-bond donors (Lipinski definition) is 1. The Bertz CT molecular complexity index is 851. The first-order valence-corrected chi connectivity index (χ1v) is 8.56. The van der Waals surface area contributed by atoms with Gasteiger partial charge in [-0.15, -0.1) is 0 Å². The molecule has 1 aromatic carbocycles. The normalized spacial score (nSPS) is 19.9. The van der Waals surface area contributed by atoms with Crippen LogP contribution >= 0.6 is 15.9 Å². The van der Waals surface area contributed by atoms with Crippen molar-refractivity contribution in [3.8, 4) is 17.6 Å². The van der Waals surface area contributed by atoms with Gasteiger partial charge in [-0.05, 0) is 24.1 Å². The number of carbonyl (C=O) groups excluding carboxylic acids is 1. The quantitative estimate of drug-likeness (QED) is 0.830. The Kier molecular flexibility index (Phi) is 4.73. The molecule has 1 atom stereocenters. The summed E-state index contributed by atoms with van der Waals surface area (Å²) in [6.45, 7) is 0. The topological polar surface area (TPSA) is 94.6 Å². The van der Waals surface area contributed by atoms with Crippen molar-refractivity contribution in [1.29, 1.82) is 5.26 Å². The van der Waals surface area contributed by atoms with Gasteiger partial charge in [-0.2, -0.15) is 5.26 Å². The predicted octanol–water partition coefficient (Wildman–Crippen LogP) is 3.28. The largest absolute Gasteiger partial charge is 0.493 e. The van der Waals surface area contributed by atoms with Crippen LogP contribution in [0.4, 0.5) is 0 Å². The molecule has 1 aliphatic heterocycles. The van der Waals surface area contributed by atoms with Crippen LogP contribution < -0.4 is 15.2 Å². The van der Waals surface area contributed by atoms with Gasteiger partial charge in [-0.25, -0.2) is 0 Å². The number of halogens is 1. The maximum Gasteiger partial charge on any atom is 0.205 e. The first-order valence-electron chi connectivity index (χ1n) is 7.77. The highest BCUT2D eigenvalue weighted by molar-refractivity contribution is 9.10. The molecule has 0 radical (unpaired) electrons. The van der Waals surface area contributed by atoms with E-state index in [1.54, 1.807) is 19.2 Å². The van der Waals surface area contributed by atoms with Crippen LogP contribution in [0.2, 0.25) is 0 Å². The standard InChI is InChI=1S/C18H17BrN2O4/c1-23-14-6-9(11(19)7-15(14)24-2)16-10(8-20)18(21)25-13-5-3-4-12(22)17(13)16/h6-7,16H,3-5,21H2,1-2H3. The van der Waals surface area contributed by atoms with Crippen LogP contribution in [0.15, 0.2) is 39.4 Å². The van der Waals surface area contributed by atoms with Crippen molar-refractivity contribution in [3.63, 3.8) is 0 Å². The number of nitrogens with two attached hydrogens (primary N) is 1. The number of methoxy groups -OCH3 is 2. The van der Waals surface area contributed by atoms with Crippen LogP contribution in [-0.4, -0.2) is 20.0 Å². The summed E-state index contributed by atoms with van der Waals surface area (Å²) in [6, 6.07) is 5.61. The van der Waals surface area contributed by atoms with Gasteiger partial charge < -0.3 is 19.9 Å². The lowest BCUT2D eigenvalue weighted by Crippen LogP contribution is -2.27. The fourth-order valence-corrected chi connectivity index (χ4v) is 3.81. The van der Waals surface area contributed by atoms with Gasteiger partial charge in [0, 0.05) is 22.9 Å². The number of carbonyl (C=O) groups is 1.